The van der Waals surface area contributed by atoms with Crippen LogP contribution in [-0.4, -0.2) is 23.6 Å². The summed E-state index contributed by atoms with van der Waals surface area (Å²) in [5.41, 5.74) is 0. The topological polar surface area (TPSA) is 54.4 Å². The van der Waals surface area contributed by atoms with Gasteiger partial charge in [-0.15, -0.1) is 0 Å². The third kappa shape index (κ3) is 11.0. The van der Waals surface area contributed by atoms with Crippen molar-refractivity contribution in [3.05, 3.63) is 0 Å². The third-order valence-electron chi connectivity index (χ3n) is 1.26. The van der Waals surface area contributed by atoms with Crippen LogP contribution in [0.25, 0.3) is 0 Å². The molecule has 0 aliphatic heterocycles. The summed E-state index contributed by atoms with van der Waals surface area (Å²) in [6.07, 6.45) is 2.80. The molecule has 3 nitrogen and oxygen atoms in total. The molecule has 0 radical (unpaired) electrons. The molecule has 0 aliphatic carbocycles. The van der Waals surface area contributed by atoms with E-state index in [0.29, 0.717) is 0 Å². The van der Waals surface area contributed by atoms with Gasteiger partial charge in [0.15, 0.2) is 0 Å². The minimum absolute atomic E-state index is 0. The van der Waals surface area contributed by atoms with Gasteiger partial charge < -0.3 is 1.43 Å². The van der Waals surface area contributed by atoms with Gasteiger partial charge >= 0.3 is 18.9 Å². The number of hydrogen-bond acceptors (Lipinski definition) is 2. The van der Waals surface area contributed by atoms with E-state index in [4.69, 9.17) is 4.55 Å². The molecule has 1 unspecified atom stereocenters. The summed E-state index contributed by atoms with van der Waals surface area (Å²) >= 11 is 3.18. The van der Waals surface area contributed by atoms with Gasteiger partial charge in [0, 0.05) is 4.83 Å². The average Bonchev–Trinajstić information content (AvgIpc) is 1.79. The van der Waals surface area contributed by atoms with Crippen LogP contribution in [0.15, 0.2) is 0 Å². The maximum atomic E-state index is 10.3. The zero-order valence-corrected chi connectivity index (χ0v) is 9.86. The molecule has 0 amide bonds. The van der Waals surface area contributed by atoms with E-state index in [1.807, 2.05) is 6.92 Å². The Bertz CT molecular complexity index is 198. The van der Waals surface area contributed by atoms with Crippen molar-refractivity contribution in [3.8, 4) is 0 Å². The van der Waals surface area contributed by atoms with Crippen molar-refractivity contribution in [2.45, 2.75) is 31.0 Å². The van der Waals surface area contributed by atoms with E-state index < -0.39 is 10.1 Å². The maximum Gasteiger partial charge on any atom is 1.00 e. The van der Waals surface area contributed by atoms with Crippen LogP contribution in [0.1, 0.15) is 27.6 Å². The van der Waals surface area contributed by atoms with Crippen molar-refractivity contribution in [3.63, 3.8) is 0 Å². The second-order valence-corrected chi connectivity index (χ2v) is 5.28. The SMILES string of the molecule is CCCCC(Br)CS(=O)(=O)O.[H-].[Li+]. The molecule has 6 heteroatoms. The molecule has 0 spiro atoms. The summed E-state index contributed by atoms with van der Waals surface area (Å²) in [4.78, 5) is -0.113. The van der Waals surface area contributed by atoms with Crippen LogP contribution in [0.3, 0.4) is 0 Å². The van der Waals surface area contributed by atoms with Crippen molar-refractivity contribution in [2.75, 3.05) is 5.75 Å². The van der Waals surface area contributed by atoms with Crippen LogP contribution in [0.5, 0.6) is 0 Å². The molecule has 0 saturated heterocycles. The van der Waals surface area contributed by atoms with Gasteiger partial charge in [-0.1, -0.05) is 35.7 Å². The first-order valence-electron chi connectivity index (χ1n) is 3.55. The quantitative estimate of drug-likeness (QED) is 0.386. The molecule has 1 N–H and O–H groups in total. The minimum atomic E-state index is -3.80. The first-order chi connectivity index (χ1) is 4.95. The number of unbranched alkanes of at least 4 members (excludes halogenated alkanes) is 1. The minimum Gasteiger partial charge on any atom is -1.00 e. The Kier molecular flexibility index (Phi) is 9.53. The smallest absolute Gasteiger partial charge is 1.00 e. The molecule has 0 aliphatic rings. The fraction of sp³-hybridized carbons (Fsp3) is 1.00. The summed E-state index contributed by atoms with van der Waals surface area (Å²) in [5.74, 6) is -0.188. The van der Waals surface area contributed by atoms with Crippen molar-refractivity contribution >= 4 is 26.0 Å². The predicted molar refractivity (Wildman–Crippen MR) is 49.8 cm³/mol. The summed E-state index contributed by atoms with van der Waals surface area (Å²) in [6.45, 7) is 2.03. The molecule has 70 valence electrons. The van der Waals surface area contributed by atoms with Crippen molar-refractivity contribution in [1.29, 1.82) is 0 Å². The van der Waals surface area contributed by atoms with Gasteiger partial charge in [-0.3, -0.25) is 4.55 Å². The Morgan fingerprint density at radius 3 is 2.42 bits per heavy atom. The Morgan fingerprint density at radius 1 is 1.58 bits per heavy atom. The largest absolute Gasteiger partial charge is 1.00 e. The van der Waals surface area contributed by atoms with Crippen molar-refractivity contribution in [1.82, 2.24) is 0 Å². The Hall–Kier alpha value is 0.987. The van der Waals surface area contributed by atoms with E-state index >= 15 is 0 Å². The Balaban J connectivity index is -0.000000500. The summed E-state index contributed by atoms with van der Waals surface area (Å²) in [6, 6.07) is 0. The Labute approximate surface area is 95.8 Å². The molecular formula is C6H14BrLiO3S. The summed E-state index contributed by atoms with van der Waals surface area (Å²) in [7, 11) is -3.80. The fourth-order valence-corrected chi connectivity index (χ4v) is 2.69. The molecule has 1 atom stereocenters. The number of rotatable bonds is 5. The van der Waals surface area contributed by atoms with Gasteiger partial charge in [0.2, 0.25) is 0 Å². The maximum absolute atomic E-state index is 10.3. The molecule has 0 bridgehead atoms. The molecule has 12 heavy (non-hydrogen) atoms. The van der Waals surface area contributed by atoms with Crippen LogP contribution >= 0.6 is 15.9 Å². The zero-order valence-electron chi connectivity index (χ0n) is 8.46. The van der Waals surface area contributed by atoms with E-state index in [2.05, 4.69) is 15.9 Å². The molecule has 0 rings (SSSR count). The van der Waals surface area contributed by atoms with Crippen LogP contribution in [-0.2, 0) is 10.1 Å². The van der Waals surface area contributed by atoms with Gasteiger partial charge in [0.1, 0.15) is 0 Å². The second kappa shape index (κ2) is 7.40. The van der Waals surface area contributed by atoms with Crippen LogP contribution < -0.4 is 18.9 Å². The normalized spacial score (nSPS) is 13.6. The molecule has 0 aromatic heterocycles. The van der Waals surface area contributed by atoms with Crippen molar-refractivity contribution in [2.24, 2.45) is 0 Å². The fourth-order valence-electron chi connectivity index (χ4n) is 0.737. The zero-order chi connectivity index (χ0) is 8.91. The van der Waals surface area contributed by atoms with E-state index in [1.54, 1.807) is 0 Å². The molecule has 0 saturated carbocycles. The first kappa shape index (κ1) is 15.5. The Morgan fingerprint density at radius 2 is 2.08 bits per heavy atom. The molecule has 0 heterocycles. The molecule has 0 fully saturated rings. The number of hydrogen-bond donors (Lipinski definition) is 1. The van der Waals surface area contributed by atoms with E-state index in [1.165, 1.54) is 0 Å². The average molecular weight is 253 g/mol. The molecule has 0 aromatic rings. The third-order valence-corrected chi connectivity index (χ3v) is 3.30. The monoisotopic (exact) mass is 252 g/mol. The first-order valence-corrected chi connectivity index (χ1v) is 6.07. The summed E-state index contributed by atoms with van der Waals surface area (Å²) < 4.78 is 29.1. The van der Waals surface area contributed by atoms with E-state index in [9.17, 15) is 8.42 Å². The van der Waals surface area contributed by atoms with Gasteiger partial charge in [0.05, 0.1) is 5.75 Å². The molecular weight excluding hydrogens is 239 g/mol. The standard InChI is InChI=1S/C6H13BrO3S.Li.H/c1-2-3-4-6(7)5-11(8,9)10;;/h6H,2-5H2,1H3,(H,8,9,10);;/q;+1;-1. The number of halogens is 1. The van der Waals surface area contributed by atoms with Gasteiger partial charge in [-0.2, -0.15) is 8.42 Å². The van der Waals surface area contributed by atoms with Gasteiger partial charge in [-0.25, -0.2) is 0 Å². The second-order valence-electron chi connectivity index (χ2n) is 2.49. The van der Waals surface area contributed by atoms with Crippen LogP contribution in [0.2, 0.25) is 0 Å². The summed E-state index contributed by atoms with van der Waals surface area (Å²) in [5, 5.41) is 0. The van der Waals surface area contributed by atoms with Crippen molar-refractivity contribution < 1.29 is 33.3 Å². The van der Waals surface area contributed by atoms with Gasteiger partial charge in [0.25, 0.3) is 10.1 Å². The van der Waals surface area contributed by atoms with E-state index in [-0.39, 0.29) is 30.9 Å². The number of alkyl halides is 1. The van der Waals surface area contributed by atoms with Gasteiger partial charge in [-0.05, 0) is 6.42 Å². The van der Waals surface area contributed by atoms with E-state index in [0.717, 1.165) is 19.3 Å². The van der Waals surface area contributed by atoms with Crippen LogP contribution in [0, 0.1) is 0 Å². The predicted octanol–water partition coefficient (Wildman–Crippen LogP) is -1.06. The van der Waals surface area contributed by atoms with Crippen LogP contribution in [0.4, 0.5) is 0 Å². The molecule has 0 aromatic carbocycles.